The fraction of sp³-hybridized carbons (Fsp3) is 0.571. The molecule has 0 aliphatic carbocycles. The zero-order chi connectivity index (χ0) is 15.5. The maximum atomic E-state index is 12.4. The number of piperidine rings is 1. The third kappa shape index (κ3) is 4.14. The van der Waals surface area contributed by atoms with Crippen LogP contribution in [0.2, 0.25) is 0 Å². The van der Waals surface area contributed by atoms with E-state index < -0.39 is 15.6 Å². The van der Waals surface area contributed by atoms with Crippen molar-refractivity contribution in [3.63, 3.8) is 0 Å². The number of hydrogen-bond donors (Lipinski definition) is 1. The van der Waals surface area contributed by atoms with Crippen LogP contribution < -0.4 is 5.32 Å². The Hall–Kier alpha value is -1.21. The van der Waals surface area contributed by atoms with E-state index in [1.54, 1.807) is 0 Å². The monoisotopic (exact) mass is 318 g/mol. The molecule has 1 aromatic carbocycles. The molecule has 0 amide bonds. The molecule has 1 aliphatic heterocycles. The SMILES string of the molecule is CN1CCC(CNc2ccc(S(=O)(=O)C(F)F)cc2)CC1. The molecule has 0 radical (unpaired) electrons. The van der Waals surface area contributed by atoms with Gasteiger partial charge in [-0.25, -0.2) is 8.42 Å². The van der Waals surface area contributed by atoms with Gasteiger partial charge in [-0.1, -0.05) is 0 Å². The quantitative estimate of drug-likeness (QED) is 0.906. The number of nitrogens with one attached hydrogen (secondary N) is 1. The van der Waals surface area contributed by atoms with Gasteiger partial charge in [0.15, 0.2) is 0 Å². The Morgan fingerprint density at radius 1 is 1.24 bits per heavy atom. The van der Waals surface area contributed by atoms with Crippen LogP contribution in [0.15, 0.2) is 29.2 Å². The Bertz CT molecular complexity index is 553. The summed E-state index contributed by atoms with van der Waals surface area (Å²) in [5, 5.41) is 3.24. The van der Waals surface area contributed by atoms with Crippen LogP contribution in [-0.2, 0) is 9.84 Å². The molecule has 1 heterocycles. The third-order valence-corrected chi connectivity index (χ3v) is 5.25. The van der Waals surface area contributed by atoms with Crippen LogP contribution in [0.3, 0.4) is 0 Å². The number of benzene rings is 1. The summed E-state index contributed by atoms with van der Waals surface area (Å²) in [5.41, 5.74) is 0.752. The van der Waals surface area contributed by atoms with Crippen LogP contribution >= 0.6 is 0 Å². The summed E-state index contributed by atoms with van der Waals surface area (Å²) in [4.78, 5) is 1.95. The topological polar surface area (TPSA) is 49.4 Å². The molecule has 1 aliphatic rings. The molecule has 1 saturated heterocycles. The normalized spacial score (nSPS) is 18.1. The lowest BCUT2D eigenvalue weighted by molar-refractivity contribution is 0.226. The predicted molar refractivity (Wildman–Crippen MR) is 78.3 cm³/mol. The number of nitrogens with zero attached hydrogens (tertiary/aromatic N) is 1. The second-order valence-electron chi connectivity index (χ2n) is 5.46. The second kappa shape index (κ2) is 6.70. The molecule has 0 spiro atoms. The maximum absolute atomic E-state index is 12.4. The van der Waals surface area contributed by atoms with Crippen molar-refractivity contribution in [1.82, 2.24) is 4.90 Å². The van der Waals surface area contributed by atoms with Crippen LogP contribution in [-0.4, -0.2) is 45.8 Å². The predicted octanol–water partition coefficient (Wildman–Crippen LogP) is 2.44. The summed E-state index contributed by atoms with van der Waals surface area (Å²) in [6.07, 6.45) is 2.25. The van der Waals surface area contributed by atoms with Gasteiger partial charge in [0.2, 0.25) is 9.84 Å². The number of sulfone groups is 1. The minimum atomic E-state index is -4.50. The molecular formula is C14H20F2N2O2S. The molecule has 0 atom stereocenters. The smallest absolute Gasteiger partial charge is 0.341 e. The van der Waals surface area contributed by atoms with E-state index in [9.17, 15) is 17.2 Å². The van der Waals surface area contributed by atoms with Crippen molar-refractivity contribution in [2.45, 2.75) is 23.5 Å². The van der Waals surface area contributed by atoms with Crippen LogP contribution in [0.5, 0.6) is 0 Å². The van der Waals surface area contributed by atoms with Crippen molar-refractivity contribution in [3.05, 3.63) is 24.3 Å². The molecule has 21 heavy (non-hydrogen) atoms. The van der Waals surface area contributed by atoms with Gasteiger partial charge in [0.25, 0.3) is 0 Å². The van der Waals surface area contributed by atoms with E-state index in [4.69, 9.17) is 0 Å². The molecule has 1 aromatic rings. The largest absolute Gasteiger partial charge is 0.385 e. The van der Waals surface area contributed by atoms with Crippen molar-refractivity contribution < 1.29 is 17.2 Å². The van der Waals surface area contributed by atoms with Crippen molar-refractivity contribution in [2.75, 3.05) is 32.0 Å². The highest BCUT2D eigenvalue weighted by Gasteiger charge is 2.26. The summed E-state index contributed by atoms with van der Waals surface area (Å²) in [6, 6.07) is 5.51. The molecule has 1 fully saturated rings. The lowest BCUT2D eigenvalue weighted by Gasteiger charge is -2.29. The highest BCUT2D eigenvalue weighted by molar-refractivity contribution is 7.91. The fourth-order valence-corrected chi connectivity index (χ4v) is 3.11. The standard InChI is InChI=1S/C14H20F2N2O2S/c1-18-8-6-11(7-9-18)10-17-12-2-4-13(5-3-12)21(19,20)14(15)16/h2-5,11,14,17H,6-10H2,1H3. The van der Waals surface area contributed by atoms with E-state index in [0.717, 1.165) is 38.2 Å². The van der Waals surface area contributed by atoms with Crippen LogP contribution in [0.25, 0.3) is 0 Å². The lowest BCUT2D eigenvalue weighted by Crippen LogP contribution is -2.32. The van der Waals surface area contributed by atoms with Gasteiger partial charge >= 0.3 is 5.76 Å². The fourth-order valence-electron chi connectivity index (χ4n) is 2.39. The number of likely N-dealkylation sites (tertiary alicyclic amines) is 1. The number of alkyl halides is 2. The number of anilines is 1. The first-order valence-electron chi connectivity index (χ1n) is 6.94. The molecule has 0 bridgehead atoms. The van der Waals surface area contributed by atoms with Gasteiger partial charge in [0.1, 0.15) is 0 Å². The Labute approximate surface area is 124 Å². The average molecular weight is 318 g/mol. The van der Waals surface area contributed by atoms with Gasteiger partial charge < -0.3 is 10.2 Å². The first-order chi connectivity index (χ1) is 9.89. The molecule has 4 nitrogen and oxygen atoms in total. The molecule has 118 valence electrons. The van der Waals surface area contributed by atoms with Gasteiger partial charge in [-0.3, -0.25) is 0 Å². The van der Waals surface area contributed by atoms with Crippen LogP contribution in [0.4, 0.5) is 14.5 Å². The first kappa shape index (κ1) is 16.2. The highest BCUT2D eigenvalue weighted by Crippen LogP contribution is 2.21. The van der Waals surface area contributed by atoms with Gasteiger partial charge in [-0.2, -0.15) is 8.78 Å². The molecule has 7 heteroatoms. The van der Waals surface area contributed by atoms with E-state index in [0.29, 0.717) is 5.92 Å². The average Bonchev–Trinajstić information content (AvgIpc) is 2.47. The zero-order valence-corrected chi connectivity index (χ0v) is 12.7. The Kier molecular flexibility index (Phi) is 5.16. The Balaban J connectivity index is 1.91. The van der Waals surface area contributed by atoms with Gasteiger partial charge in [0.05, 0.1) is 4.90 Å². The van der Waals surface area contributed by atoms with E-state index in [2.05, 4.69) is 17.3 Å². The minimum Gasteiger partial charge on any atom is -0.385 e. The molecule has 0 saturated carbocycles. The van der Waals surface area contributed by atoms with Crippen LogP contribution in [0.1, 0.15) is 12.8 Å². The first-order valence-corrected chi connectivity index (χ1v) is 8.49. The molecule has 0 unspecified atom stereocenters. The number of halogens is 2. The van der Waals surface area contributed by atoms with Gasteiger partial charge in [0, 0.05) is 12.2 Å². The van der Waals surface area contributed by atoms with E-state index >= 15 is 0 Å². The maximum Gasteiger partial charge on any atom is 0.341 e. The van der Waals surface area contributed by atoms with Crippen molar-refractivity contribution in [2.24, 2.45) is 5.92 Å². The summed E-state index contributed by atoms with van der Waals surface area (Å²) >= 11 is 0. The van der Waals surface area contributed by atoms with Gasteiger partial charge in [-0.05, 0) is 63.2 Å². The molecule has 0 aromatic heterocycles. The van der Waals surface area contributed by atoms with E-state index in [1.807, 2.05) is 0 Å². The van der Waals surface area contributed by atoms with Crippen LogP contribution in [0, 0.1) is 5.92 Å². The Morgan fingerprint density at radius 3 is 2.33 bits per heavy atom. The molecule has 1 N–H and O–H groups in total. The summed E-state index contributed by atoms with van der Waals surface area (Å²) < 4.78 is 47.4. The summed E-state index contributed by atoms with van der Waals surface area (Å²) in [5.74, 6) is -2.79. The van der Waals surface area contributed by atoms with E-state index in [1.165, 1.54) is 24.3 Å². The molecular weight excluding hydrogens is 298 g/mol. The zero-order valence-electron chi connectivity index (χ0n) is 11.9. The Morgan fingerprint density at radius 2 is 1.81 bits per heavy atom. The van der Waals surface area contributed by atoms with E-state index in [-0.39, 0.29) is 4.90 Å². The second-order valence-corrected chi connectivity index (χ2v) is 7.38. The minimum absolute atomic E-state index is 0.345. The summed E-state index contributed by atoms with van der Waals surface area (Å²) in [6.45, 7) is 2.98. The number of hydrogen-bond acceptors (Lipinski definition) is 4. The summed E-state index contributed by atoms with van der Waals surface area (Å²) in [7, 11) is -2.40. The molecule has 2 rings (SSSR count). The number of rotatable bonds is 5. The lowest BCUT2D eigenvalue weighted by atomic mass is 9.97. The van der Waals surface area contributed by atoms with Gasteiger partial charge in [-0.15, -0.1) is 0 Å². The van der Waals surface area contributed by atoms with Crippen molar-refractivity contribution >= 4 is 15.5 Å². The third-order valence-electron chi connectivity index (χ3n) is 3.85. The highest BCUT2D eigenvalue weighted by atomic mass is 32.2. The van der Waals surface area contributed by atoms with Crippen molar-refractivity contribution in [3.8, 4) is 0 Å². The van der Waals surface area contributed by atoms with Crippen molar-refractivity contribution in [1.29, 1.82) is 0 Å².